The quantitative estimate of drug-likeness (QED) is 0.599. The van der Waals surface area contributed by atoms with Crippen molar-refractivity contribution in [2.75, 3.05) is 27.2 Å². The van der Waals surface area contributed by atoms with Gasteiger partial charge in [-0.15, -0.1) is 0 Å². The predicted octanol–water partition coefficient (Wildman–Crippen LogP) is 1.48. The molecular weight excluding hydrogens is 248 g/mol. The zero-order chi connectivity index (χ0) is 13.8. The van der Waals surface area contributed by atoms with Gasteiger partial charge in [0.2, 0.25) is 0 Å². The highest BCUT2D eigenvalue weighted by Gasteiger charge is 2.17. The third-order valence-electron chi connectivity index (χ3n) is 2.58. The first-order valence-electron chi connectivity index (χ1n) is 5.73. The van der Waals surface area contributed by atoms with Gasteiger partial charge in [-0.1, -0.05) is 0 Å². The van der Waals surface area contributed by atoms with Crippen LogP contribution >= 0.6 is 0 Å². The number of benzene rings is 1. The molecule has 1 aromatic heterocycles. The van der Waals surface area contributed by atoms with Crippen molar-refractivity contribution in [2.45, 2.75) is 0 Å². The maximum Gasteiger partial charge on any atom is 0.311 e. The second kappa shape index (κ2) is 5.57. The number of likely N-dealkylation sites (N-methyl/N-ethyl adjacent to an activating group) is 1. The molecule has 0 spiro atoms. The van der Waals surface area contributed by atoms with Crippen molar-refractivity contribution in [1.29, 1.82) is 0 Å². The number of rotatable bonds is 5. The second-order valence-electron chi connectivity index (χ2n) is 4.31. The van der Waals surface area contributed by atoms with Crippen LogP contribution < -0.4 is 4.74 Å². The Balaban J connectivity index is 2.33. The van der Waals surface area contributed by atoms with E-state index in [9.17, 15) is 10.1 Å². The van der Waals surface area contributed by atoms with Gasteiger partial charge in [-0.25, -0.2) is 9.97 Å². The van der Waals surface area contributed by atoms with E-state index in [1.54, 1.807) is 12.3 Å². The van der Waals surface area contributed by atoms with Gasteiger partial charge in [0.25, 0.3) is 0 Å². The summed E-state index contributed by atoms with van der Waals surface area (Å²) < 4.78 is 5.47. The van der Waals surface area contributed by atoms with E-state index in [1.165, 1.54) is 12.4 Å². The number of hydrogen-bond donors (Lipinski definition) is 0. The largest absolute Gasteiger partial charge is 0.485 e. The summed E-state index contributed by atoms with van der Waals surface area (Å²) in [6.45, 7) is 1.06. The molecule has 7 nitrogen and oxygen atoms in total. The van der Waals surface area contributed by atoms with Gasteiger partial charge < -0.3 is 9.64 Å². The molecule has 0 saturated heterocycles. The van der Waals surface area contributed by atoms with Crippen LogP contribution in [0.3, 0.4) is 0 Å². The van der Waals surface area contributed by atoms with Crippen LogP contribution in [0.2, 0.25) is 0 Å². The van der Waals surface area contributed by atoms with Crippen molar-refractivity contribution in [2.24, 2.45) is 0 Å². The first kappa shape index (κ1) is 13.2. The normalized spacial score (nSPS) is 10.9. The van der Waals surface area contributed by atoms with E-state index >= 15 is 0 Å². The van der Waals surface area contributed by atoms with Crippen LogP contribution in [0.1, 0.15) is 0 Å². The van der Waals surface area contributed by atoms with E-state index in [1.807, 2.05) is 19.0 Å². The van der Waals surface area contributed by atoms with Crippen molar-refractivity contribution in [1.82, 2.24) is 14.9 Å². The van der Waals surface area contributed by atoms with Crippen molar-refractivity contribution < 1.29 is 9.66 Å². The molecule has 100 valence electrons. The average Bonchev–Trinajstić information content (AvgIpc) is 2.37. The fourth-order valence-electron chi connectivity index (χ4n) is 1.59. The number of nitro groups is 1. The Morgan fingerprint density at radius 3 is 2.89 bits per heavy atom. The smallest absolute Gasteiger partial charge is 0.311 e. The molecule has 0 aliphatic rings. The number of aromatic nitrogens is 2. The Morgan fingerprint density at radius 1 is 1.42 bits per heavy atom. The summed E-state index contributed by atoms with van der Waals surface area (Å²) in [4.78, 5) is 20.4. The number of hydrogen-bond acceptors (Lipinski definition) is 6. The highest BCUT2D eigenvalue weighted by molar-refractivity contribution is 5.82. The zero-order valence-corrected chi connectivity index (χ0v) is 10.7. The molecule has 0 radical (unpaired) electrons. The Bertz CT molecular complexity index is 601. The minimum atomic E-state index is -0.461. The summed E-state index contributed by atoms with van der Waals surface area (Å²) in [5, 5.41) is 11.7. The van der Waals surface area contributed by atoms with Crippen molar-refractivity contribution in [3.8, 4) is 5.75 Å². The monoisotopic (exact) mass is 262 g/mol. The fourth-order valence-corrected chi connectivity index (χ4v) is 1.59. The Kier molecular flexibility index (Phi) is 3.86. The Labute approximate surface area is 110 Å². The molecule has 7 heteroatoms. The topological polar surface area (TPSA) is 81.4 Å². The molecule has 2 rings (SSSR count). The molecule has 0 N–H and O–H groups in total. The maximum absolute atomic E-state index is 11.0. The van der Waals surface area contributed by atoms with E-state index in [0.29, 0.717) is 24.1 Å². The van der Waals surface area contributed by atoms with Crippen LogP contribution in [-0.2, 0) is 0 Å². The summed E-state index contributed by atoms with van der Waals surface area (Å²) >= 11 is 0. The molecule has 0 saturated carbocycles. The van der Waals surface area contributed by atoms with Gasteiger partial charge >= 0.3 is 5.69 Å². The molecule has 1 aromatic carbocycles. The predicted molar refractivity (Wildman–Crippen MR) is 70.2 cm³/mol. The van der Waals surface area contributed by atoms with Gasteiger partial charge in [0, 0.05) is 30.3 Å². The lowest BCUT2D eigenvalue weighted by Crippen LogP contribution is -2.19. The summed E-state index contributed by atoms with van der Waals surface area (Å²) in [6.07, 6.45) is 2.94. The lowest BCUT2D eigenvalue weighted by atomic mass is 10.2. The zero-order valence-electron chi connectivity index (χ0n) is 10.7. The fraction of sp³-hybridized carbons (Fsp3) is 0.333. The third kappa shape index (κ3) is 3.14. The molecule has 0 bridgehead atoms. The molecule has 19 heavy (non-hydrogen) atoms. The van der Waals surface area contributed by atoms with Crippen LogP contribution in [0.25, 0.3) is 10.9 Å². The molecule has 1 heterocycles. The van der Waals surface area contributed by atoms with Crippen molar-refractivity contribution >= 4 is 16.6 Å². The van der Waals surface area contributed by atoms with Gasteiger partial charge in [-0.3, -0.25) is 10.1 Å². The van der Waals surface area contributed by atoms with Crippen LogP contribution in [0.4, 0.5) is 5.69 Å². The highest BCUT2D eigenvalue weighted by atomic mass is 16.6. The van der Waals surface area contributed by atoms with E-state index in [0.717, 1.165) is 0 Å². The minimum Gasteiger partial charge on any atom is -0.485 e. The second-order valence-corrected chi connectivity index (χ2v) is 4.31. The van der Waals surface area contributed by atoms with Crippen molar-refractivity contribution in [3.05, 3.63) is 34.8 Å². The van der Waals surface area contributed by atoms with Gasteiger partial charge in [-0.05, 0) is 14.1 Å². The van der Waals surface area contributed by atoms with Gasteiger partial charge in [0.05, 0.1) is 10.4 Å². The molecule has 0 unspecified atom stereocenters. The molecular formula is C12H14N4O3. The van der Waals surface area contributed by atoms with Crippen LogP contribution in [0.5, 0.6) is 5.75 Å². The van der Waals surface area contributed by atoms with Gasteiger partial charge in [-0.2, -0.15) is 0 Å². The SMILES string of the molecule is CN(C)CCOc1cc2ncncc2cc1[N+](=O)[O-]. The highest BCUT2D eigenvalue weighted by Crippen LogP contribution is 2.30. The Morgan fingerprint density at radius 2 is 2.21 bits per heavy atom. The molecule has 0 aliphatic heterocycles. The standard InChI is InChI=1S/C12H14N4O3/c1-15(2)3-4-19-12-6-10-9(7-13-8-14-10)5-11(12)16(17)18/h5-8H,3-4H2,1-2H3. The summed E-state index contributed by atoms with van der Waals surface area (Å²) in [5.74, 6) is 0.234. The molecule has 0 fully saturated rings. The third-order valence-corrected chi connectivity index (χ3v) is 2.58. The number of fused-ring (bicyclic) bond motifs is 1. The molecule has 2 aromatic rings. The van der Waals surface area contributed by atoms with Crippen LogP contribution in [0, 0.1) is 10.1 Å². The average molecular weight is 262 g/mol. The molecule has 0 amide bonds. The Hall–Kier alpha value is -2.28. The first-order chi connectivity index (χ1) is 9.08. The van der Waals surface area contributed by atoms with Gasteiger partial charge in [0.15, 0.2) is 5.75 Å². The van der Waals surface area contributed by atoms with E-state index < -0.39 is 4.92 Å². The van der Waals surface area contributed by atoms with Crippen molar-refractivity contribution in [3.63, 3.8) is 0 Å². The van der Waals surface area contributed by atoms with Crippen LogP contribution in [0.15, 0.2) is 24.7 Å². The number of nitrogens with zero attached hydrogens (tertiary/aromatic N) is 4. The van der Waals surface area contributed by atoms with E-state index in [-0.39, 0.29) is 11.4 Å². The lowest BCUT2D eigenvalue weighted by Gasteiger charge is -2.11. The van der Waals surface area contributed by atoms with E-state index in [2.05, 4.69) is 9.97 Å². The summed E-state index contributed by atoms with van der Waals surface area (Å²) in [6, 6.07) is 3.01. The van der Waals surface area contributed by atoms with E-state index in [4.69, 9.17) is 4.74 Å². The summed E-state index contributed by atoms with van der Waals surface area (Å²) in [5.41, 5.74) is 0.557. The van der Waals surface area contributed by atoms with Gasteiger partial charge in [0.1, 0.15) is 12.9 Å². The lowest BCUT2D eigenvalue weighted by molar-refractivity contribution is -0.385. The molecule has 0 atom stereocenters. The number of ether oxygens (including phenoxy) is 1. The number of nitro benzene ring substituents is 1. The molecule has 0 aliphatic carbocycles. The summed E-state index contributed by atoms with van der Waals surface area (Å²) in [7, 11) is 3.82. The van der Waals surface area contributed by atoms with Crippen LogP contribution in [-0.4, -0.2) is 47.0 Å². The minimum absolute atomic E-state index is 0.0685. The maximum atomic E-state index is 11.0. The first-order valence-corrected chi connectivity index (χ1v) is 5.73.